The van der Waals surface area contributed by atoms with Gasteiger partial charge in [0.1, 0.15) is 5.79 Å². The molecule has 0 nitrogen and oxygen atoms in total. The average Bonchev–Trinajstić information content (AvgIpc) is 1.90. The van der Waals surface area contributed by atoms with E-state index in [2.05, 4.69) is 20.4 Å². The fraction of sp³-hybridized carbons (Fsp3) is 0.714. The van der Waals surface area contributed by atoms with Gasteiger partial charge in [-0.25, -0.2) is 4.39 Å². The lowest BCUT2D eigenvalue weighted by atomic mass is 10.7. The molecule has 54 valence electrons. The van der Waals surface area contributed by atoms with Crippen LogP contribution in [0.1, 0.15) is 13.8 Å². The van der Waals surface area contributed by atoms with Gasteiger partial charge >= 0.3 is 0 Å². The number of allylic oxidation sites excluding steroid dienone is 1. The number of rotatable bonds is 4. The molecule has 0 N–H and O–H groups in total. The van der Waals surface area contributed by atoms with Crippen molar-refractivity contribution in [1.82, 2.24) is 0 Å². The first kappa shape index (κ1) is 8.89. The topological polar surface area (TPSA) is 0 Å². The highest BCUT2D eigenvalue weighted by Gasteiger charge is 2.14. The lowest BCUT2D eigenvalue weighted by molar-refractivity contribution is 0.498. The van der Waals surface area contributed by atoms with E-state index in [1.54, 1.807) is 0 Å². The van der Waals surface area contributed by atoms with Crippen LogP contribution < -0.4 is 0 Å². The molecule has 0 saturated heterocycles. The van der Waals surface area contributed by atoms with Gasteiger partial charge in [-0.15, -0.1) is 6.58 Å². The summed E-state index contributed by atoms with van der Waals surface area (Å²) in [4.78, 5) is 0. The zero-order valence-corrected chi connectivity index (χ0v) is 7.39. The van der Waals surface area contributed by atoms with Crippen LogP contribution in [0.5, 0.6) is 0 Å². The molecule has 0 heterocycles. The molecule has 0 aromatic carbocycles. The van der Waals surface area contributed by atoms with E-state index in [4.69, 9.17) is 0 Å². The lowest BCUT2D eigenvalue weighted by Crippen LogP contribution is -2.22. The molecule has 0 aliphatic rings. The zero-order valence-electron chi connectivity index (χ0n) is 6.23. The number of hydrogen-bond donors (Lipinski definition) is 0. The fourth-order valence-electron chi connectivity index (χ4n) is 0.931. The van der Waals surface area contributed by atoms with E-state index in [1.807, 2.05) is 0 Å². The number of hydrogen-bond acceptors (Lipinski definition) is 0. The van der Waals surface area contributed by atoms with Gasteiger partial charge in [0.15, 0.2) is 0 Å². The van der Waals surface area contributed by atoms with E-state index in [0.717, 1.165) is 12.1 Å². The maximum atomic E-state index is 12.7. The minimum atomic E-state index is -1.07. The normalized spacial score (nSPS) is 13.8. The Kier molecular flexibility index (Phi) is 4.68. The van der Waals surface area contributed by atoms with Crippen molar-refractivity contribution in [1.29, 1.82) is 0 Å². The molecule has 2 heteroatoms. The van der Waals surface area contributed by atoms with Crippen LogP contribution in [-0.2, 0) is 0 Å². The molecule has 0 spiro atoms. The van der Waals surface area contributed by atoms with Gasteiger partial charge in [-0.2, -0.15) is 0 Å². The minimum absolute atomic E-state index is 0.667. The maximum absolute atomic E-state index is 12.7. The second-order valence-electron chi connectivity index (χ2n) is 2.26. The fourth-order valence-corrected chi connectivity index (χ4v) is 2.79. The Morgan fingerprint density at radius 2 is 2.00 bits per heavy atom. The third-order valence-electron chi connectivity index (χ3n) is 1.72. The maximum Gasteiger partial charge on any atom is 0.103 e. The molecule has 0 aromatic rings. The first-order valence-electron chi connectivity index (χ1n) is 3.52. The Morgan fingerprint density at radius 3 is 2.11 bits per heavy atom. The van der Waals surface area contributed by atoms with E-state index >= 15 is 0 Å². The summed E-state index contributed by atoms with van der Waals surface area (Å²) >= 11 is 0. The van der Waals surface area contributed by atoms with Crippen molar-refractivity contribution >= 4 is 8.80 Å². The van der Waals surface area contributed by atoms with Crippen molar-refractivity contribution in [3.05, 3.63) is 12.7 Å². The highest BCUT2D eigenvalue weighted by molar-refractivity contribution is 6.60. The zero-order chi connectivity index (χ0) is 7.28. The second kappa shape index (κ2) is 4.74. The van der Waals surface area contributed by atoms with Crippen LogP contribution in [0.15, 0.2) is 12.7 Å². The average molecular weight is 146 g/mol. The van der Waals surface area contributed by atoms with Gasteiger partial charge in [-0.3, -0.25) is 0 Å². The first-order valence-corrected chi connectivity index (χ1v) is 5.82. The van der Waals surface area contributed by atoms with E-state index < -0.39 is 14.6 Å². The predicted molar refractivity (Wildman–Crippen MR) is 43.2 cm³/mol. The Balaban J connectivity index is 3.63. The molecule has 0 aromatic heterocycles. The number of alkyl halides is 1. The summed E-state index contributed by atoms with van der Waals surface area (Å²) in [6.07, 6.45) is 1.45. The molecular formula is C7H15FSi. The summed E-state index contributed by atoms with van der Waals surface area (Å²) in [5, 5.41) is 0. The highest BCUT2D eigenvalue weighted by Crippen LogP contribution is 2.07. The first-order chi connectivity index (χ1) is 4.26. The van der Waals surface area contributed by atoms with E-state index in [1.165, 1.54) is 6.08 Å². The molecule has 0 rings (SSSR count). The molecule has 0 aliphatic heterocycles. The standard InChI is InChI=1S/C7H15FSi/c1-4-7(8)9(5-2)6-3/h4,7,9H,1,5-6H2,2-3H3. The molecule has 9 heavy (non-hydrogen) atoms. The molecule has 1 unspecified atom stereocenters. The molecule has 0 fully saturated rings. The summed E-state index contributed by atoms with van der Waals surface area (Å²) in [5.41, 5.74) is 0. The van der Waals surface area contributed by atoms with Gasteiger partial charge in [0, 0.05) is 0 Å². The Morgan fingerprint density at radius 1 is 1.56 bits per heavy atom. The largest absolute Gasteiger partial charge is 0.247 e. The van der Waals surface area contributed by atoms with Crippen molar-refractivity contribution in [3.8, 4) is 0 Å². The third kappa shape index (κ3) is 2.80. The number of halogens is 1. The van der Waals surface area contributed by atoms with Crippen LogP contribution >= 0.6 is 0 Å². The van der Waals surface area contributed by atoms with Crippen LogP contribution in [0.3, 0.4) is 0 Å². The minimum Gasteiger partial charge on any atom is -0.247 e. The smallest absolute Gasteiger partial charge is 0.103 e. The summed E-state index contributed by atoms with van der Waals surface area (Å²) in [7, 11) is -1.07. The Bertz CT molecular complexity index is 79.0. The molecule has 1 atom stereocenters. The summed E-state index contributed by atoms with van der Waals surface area (Å²) in [6.45, 7) is 7.57. The van der Waals surface area contributed by atoms with Crippen molar-refractivity contribution in [3.63, 3.8) is 0 Å². The quantitative estimate of drug-likeness (QED) is 0.422. The third-order valence-corrected chi connectivity index (χ3v) is 4.99. The van der Waals surface area contributed by atoms with Gasteiger partial charge < -0.3 is 0 Å². The van der Waals surface area contributed by atoms with Crippen LogP contribution in [-0.4, -0.2) is 14.6 Å². The molecule has 0 bridgehead atoms. The molecule has 0 saturated carbocycles. The van der Waals surface area contributed by atoms with Crippen molar-refractivity contribution < 1.29 is 4.39 Å². The summed E-state index contributed by atoms with van der Waals surface area (Å²) in [6, 6.07) is 2.09. The molecular weight excluding hydrogens is 131 g/mol. The van der Waals surface area contributed by atoms with Crippen LogP contribution in [0, 0.1) is 0 Å². The summed E-state index contributed by atoms with van der Waals surface area (Å²) in [5.74, 6) is -0.667. The van der Waals surface area contributed by atoms with Crippen LogP contribution in [0.2, 0.25) is 12.1 Å². The van der Waals surface area contributed by atoms with Crippen LogP contribution in [0.25, 0.3) is 0 Å². The van der Waals surface area contributed by atoms with Crippen LogP contribution in [0.4, 0.5) is 4.39 Å². The molecule has 0 aliphatic carbocycles. The lowest BCUT2D eigenvalue weighted by Gasteiger charge is -2.10. The summed E-state index contributed by atoms with van der Waals surface area (Å²) < 4.78 is 12.7. The van der Waals surface area contributed by atoms with Gasteiger partial charge in [-0.1, -0.05) is 32.0 Å². The molecule has 0 amide bonds. The van der Waals surface area contributed by atoms with Gasteiger partial charge in [-0.05, 0) is 0 Å². The molecule has 0 radical (unpaired) electrons. The van der Waals surface area contributed by atoms with Gasteiger partial charge in [0.05, 0.1) is 8.80 Å². The van der Waals surface area contributed by atoms with E-state index in [-0.39, 0.29) is 0 Å². The van der Waals surface area contributed by atoms with Crippen molar-refractivity contribution in [2.45, 2.75) is 31.7 Å². The Hall–Kier alpha value is -0.113. The van der Waals surface area contributed by atoms with Gasteiger partial charge in [0.2, 0.25) is 0 Å². The van der Waals surface area contributed by atoms with Gasteiger partial charge in [0.25, 0.3) is 0 Å². The monoisotopic (exact) mass is 146 g/mol. The van der Waals surface area contributed by atoms with Crippen molar-refractivity contribution in [2.24, 2.45) is 0 Å². The Labute approximate surface area is 58.4 Å². The van der Waals surface area contributed by atoms with E-state index in [9.17, 15) is 4.39 Å². The predicted octanol–water partition coefficient (Wildman–Crippen LogP) is 2.32. The van der Waals surface area contributed by atoms with Crippen molar-refractivity contribution in [2.75, 3.05) is 0 Å². The van der Waals surface area contributed by atoms with E-state index in [0.29, 0.717) is 0 Å². The second-order valence-corrected chi connectivity index (χ2v) is 6.05. The highest BCUT2D eigenvalue weighted by atomic mass is 28.3. The SMILES string of the molecule is C=CC(F)[SiH](CC)CC.